The van der Waals surface area contributed by atoms with Gasteiger partial charge in [-0.1, -0.05) is 250 Å². The molecule has 1 rings (SSSR count). The van der Waals surface area contributed by atoms with Gasteiger partial charge >= 0.3 is 0 Å². The molecule has 0 aromatic rings. The summed E-state index contributed by atoms with van der Waals surface area (Å²) < 4.78 is 11.2. The quantitative estimate of drug-likeness (QED) is 0.0261. The maximum Gasteiger partial charge on any atom is 0.220 e. The lowest BCUT2D eigenvalue weighted by molar-refractivity contribution is -0.302. The van der Waals surface area contributed by atoms with Crippen molar-refractivity contribution in [1.82, 2.24) is 5.32 Å². The van der Waals surface area contributed by atoms with Gasteiger partial charge in [-0.05, 0) is 44.9 Å². The standard InChI is InChI=1S/C57H109NO8/c1-3-5-7-9-11-13-15-16-17-18-19-20-21-22-23-24-25-26-27-28-29-30-31-32-33-34-35-36-37-39-41-43-45-47-53(61)58-50(49-65-57-56(64)55(63)54(62)52(48-59)66-57)51(60)46-44-42-40-38-14-12-10-8-6-4-2/h18-19,44,46,50-52,54-57,59-60,62-64H,3-17,20-43,45,47-49H2,1-2H3,(H,58,61)/b19-18-,46-44+. The third kappa shape index (κ3) is 36.6. The Morgan fingerprint density at radius 1 is 0.500 bits per heavy atom. The average molecular weight is 936 g/mol. The number of amides is 1. The smallest absolute Gasteiger partial charge is 0.220 e. The zero-order valence-corrected chi connectivity index (χ0v) is 43.2. The van der Waals surface area contributed by atoms with E-state index in [2.05, 4.69) is 31.3 Å². The lowest BCUT2D eigenvalue weighted by Crippen LogP contribution is -2.60. The highest BCUT2D eigenvalue weighted by molar-refractivity contribution is 5.76. The predicted molar refractivity (Wildman–Crippen MR) is 277 cm³/mol. The summed E-state index contributed by atoms with van der Waals surface area (Å²) in [6, 6.07) is -0.800. The van der Waals surface area contributed by atoms with E-state index in [1.807, 2.05) is 6.08 Å². The fourth-order valence-electron chi connectivity index (χ4n) is 9.21. The van der Waals surface area contributed by atoms with E-state index in [1.165, 1.54) is 218 Å². The zero-order chi connectivity index (χ0) is 48.0. The first-order valence-electron chi connectivity index (χ1n) is 28.6. The SMILES string of the molecule is CCCCCCCCCC/C=C\CCCCCCCCCCCCCCCCCCCCCCCC(=O)NC(COC1OC(CO)C(O)C(O)C1O)C(O)/C=C/CCCCCCCCCC. The van der Waals surface area contributed by atoms with Crippen LogP contribution in [0.3, 0.4) is 0 Å². The molecule has 9 nitrogen and oxygen atoms in total. The first-order chi connectivity index (χ1) is 32.3. The molecule has 0 aromatic heterocycles. The molecule has 9 heteroatoms. The normalized spacial score (nSPS) is 19.9. The van der Waals surface area contributed by atoms with Crippen LogP contribution in [-0.2, 0) is 14.3 Å². The van der Waals surface area contributed by atoms with Crippen molar-refractivity contribution in [3.63, 3.8) is 0 Å². The van der Waals surface area contributed by atoms with Gasteiger partial charge in [-0.3, -0.25) is 4.79 Å². The Morgan fingerprint density at radius 3 is 1.23 bits per heavy atom. The van der Waals surface area contributed by atoms with Crippen LogP contribution in [0.15, 0.2) is 24.3 Å². The molecule has 0 aliphatic carbocycles. The minimum atomic E-state index is -1.56. The third-order valence-corrected chi connectivity index (χ3v) is 13.8. The molecule has 0 spiro atoms. The highest BCUT2D eigenvalue weighted by atomic mass is 16.7. The van der Waals surface area contributed by atoms with Gasteiger partial charge in [-0.15, -0.1) is 0 Å². The van der Waals surface area contributed by atoms with Crippen LogP contribution in [0.1, 0.15) is 277 Å². The number of ether oxygens (including phenoxy) is 2. The van der Waals surface area contributed by atoms with E-state index in [4.69, 9.17) is 9.47 Å². The summed E-state index contributed by atoms with van der Waals surface area (Å²) in [5.74, 6) is -0.174. The summed E-state index contributed by atoms with van der Waals surface area (Å²) in [4.78, 5) is 13.0. The summed E-state index contributed by atoms with van der Waals surface area (Å²) in [5, 5.41) is 54.2. The van der Waals surface area contributed by atoms with Crippen LogP contribution < -0.4 is 5.32 Å². The van der Waals surface area contributed by atoms with E-state index in [-0.39, 0.29) is 12.5 Å². The average Bonchev–Trinajstić information content (AvgIpc) is 3.32. The highest BCUT2D eigenvalue weighted by Crippen LogP contribution is 2.23. The second kappa shape index (κ2) is 47.4. The predicted octanol–water partition coefficient (Wildman–Crippen LogP) is 13.8. The lowest BCUT2D eigenvalue weighted by Gasteiger charge is -2.40. The van der Waals surface area contributed by atoms with Crippen LogP contribution in [0.2, 0.25) is 0 Å². The Balaban J connectivity index is 2.06. The van der Waals surface area contributed by atoms with Crippen LogP contribution in [-0.4, -0.2) is 87.5 Å². The van der Waals surface area contributed by atoms with Gasteiger partial charge in [-0.25, -0.2) is 0 Å². The largest absolute Gasteiger partial charge is 0.394 e. The van der Waals surface area contributed by atoms with E-state index in [0.717, 1.165) is 38.5 Å². The summed E-state index contributed by atoms with van der Waals surface area (Å²) in [6.07, 6.45) is 52.8. The van der Waals surface area contributed by atoms with Gasteiger partial charge in [0, 0.05) is 6.42 Å². The van der Waals surface area contributed by atoms with Crippen molar-refractivity contribution in [2.75, 3.05) is 13.2 Å². The van der Waals surface area contributed by atoms with Crippen LogP contribution >= 0.6 is 0 Å². The van der Waals surface area contributed by atoms with Gasteiger partial charge in [0.1, 0.15) is 24.4 Å². The molecule has 1 fully saturated rings. The van der Waals surface area contributed by atoms with Gasteiger partial charge in [0.25, 0.3) is 0 Å². The second-order valence-electron chi connectivity index (χ2n) is 20.1. The number of carbonyl (C=O) groups is 1. The molecule has 66 heavy (non-hydrogen) atoms. The molecule has 0 aromatic carbocycles. The van der Waals surface area contributed by atoms with Crippen LogP contribution in [0, 0.1) is 0 Å². The van der Waals surface area contributed by atoms with Crippen molar-refractivity contribution >= 4 is 5.91 Å². The van der Waals surface area contributed by atoms with E-state index >= 15 is 0 Å². The molecule has 7 unspecified atom stereocenters. The van der Waals surface area contributed by atoms with Crippen LogP contribution in [0.5, 0.6) is 0 Å². The van der Waals surface area contributed by atoms with Crippen molar-refractivity contribution in [2.45, 2.75) is 320 Å². The van der Waals surface area contributed by atoms with Gasteiger partial charge in [0.2, 0.25) is 5.91 Å². The fourth-order valence-corrected chi connectivity index (χ4v) is 9.21. The number of unbranched alkanes of at least 4 members (excludes halogenated alkanes) is 37. The monoisotopic (exact) mass is 936 g/mol. The number of allylic oxidation sites excluding steroid dienone is 3. The van der Waals surface area contributed by atoms with E-state index in [1.54, 1.807) is 6.08 Å². The molecule has 0 bridgehead atoms. The molecule has 0 saturated carbocycles. The number of nitrogens with one attached hydrogen (secondary N) is 1. The number of aliphatic hydroxyl groups is 5. The Hall–Kier alpha value is -1.33. The number of hydrogen-bond acceptors (Lipinski definition) is 8. The van der Waals surface area contributed by atoms with Crippen molar-refractivity contribution in [3.8, 4) is 0 Å². The molecular formula is C57H109NO8. The minimum absolute atomic E-state index is 0.174. The third-order valence-electron chi connectivity index (χ3n) is 13.8. The fraction of sp³-hybridized carbons (Fsp3) is 0.912. The molecule has 1 heterocycles. The topological polar surface area (TPSA) is 149 Å². The number of carbonyl (C=O) groups excluding carboxylic acids is 1. The van der Waals surface area contributed by atoms with Gasteiger partial charge in [-0.2, -0.15) is 0 Å². The maximum absolute atomic E-state index is 13.0. The zero-order valence-electron chi connectivity index (χ0n) is 43.2. The molecule has 1 aliphatic rings. The molecule has 6 N–H and O–H groups in total. The van der Waals surface area contributed by atoms with E-state index in [0.29, 0.717) is 6.42 Å². The van der Waals surface area contributed by atoms with Crippen LogP contribution in [0.25, 0.3) is 0 Å². The lowest BCUT2D eigenvalue weighted by atomic mass is 9.99. The van der Waals surface area contributed by atoms with E-state index < -0.39 is 49.5 Å². The van der Waals surface area contributed by atoms with E-state index in [9.17, 15) is 30.3 Å². The van der Waals surface area contributed by atoms with Crippen molar-refractivity contribution in [3.05, 3.63) is 24.3 Å². The van der Waals surface area contributed by atoms with Crippen molar-refractivity contribution < 1.29 is 39.8 Å². The number of hydrogen-bond donors (Lipinski definition) is 6. The molecule has 0 radical (unpaired) electrons. The molecule has 7 atom stereocenters. The molecule has 390 valence electrons. The highest BCUT2D eigenvalue weighted by Gasteiger charge is 2.44. The first kappa shape index (κ1) is 62.7. The Labute approximate surface area is 407 Å². The second-order valence-corrected chi connectivity index (χ2v) is 20.1. The Bertz CT molecular complexity index is 1090. The van der Waals surface area contributed by atoms with Gasteiger partial charge in [0.15, 0.2) is 6.29 Å². The van der Waals surface area contributed by atoms with Crippen molar-refractivity contribution in [2.24, 2.45) is 0 Å². The summed E-state index contributed by atoms with van der Waals surface area (Å²) >= 11 is 0. The van der Waals surface area contributed by atoms with Gasteiger partial charge < -0.3 is 40.3 Å². The Kier molecular flexibility index (Phi) is 45.0. The first-order valence-corrected chi connectivity index (χ1v) is 28.6. The molecule has 1 aliphatic heterocycles. The molecular weight excluding hydrogens is 827 g/mol. The maximum atomic E-state index is 13.0. The van der Waals surface area contributed by atoms with Crippen molar-refractivity contribution in [1.29, 1.82) is 0 Å². The number of rotatable bonds is 49. The van der Waals surface area contributed by atoms with Gasteiger partial charge in [0.05, 0.1) is 25.4 Å². The molecule has 1 amide bonds. The summed E-state index contributed by atoms with van der Waals surface area (Å²) in [6.45, 7) is 3.77. The minimum Gasteiger partial charge on any atom is -0.394 e. The number of aliphatic hydroxyl groups excluding tert-OH is 5. The summed E-state index contributed by atoms with van der Waals surface area (Å²) in [7, 11) is 0. The van der Waals surface area contributed by atoms with Crippen LogP contribution in [0.4, 0.5) is 0 Å². The molecule has 1 saturated heterocycles. The summed E-state index contributed by atoms with van der Waals surface area (Å²) in [5.41, 5.74) is 0. The Morgan fingerprint density at radius 2 is 0.848 bits per heavy atom.